The van der Waals surface area contributed by atoms with E-state index in [1.54, 1.807) is 12.1 Å². The molecule has 0 bridgehead atoms. The van der Waals surface area contributed by atoms with Crippen LogP contribution in [0, 0.1) is 0 Å². The minimum atomic E-state index is -0.258. The highest BCUT2D eigenvalue weighted by Crippen LogP contribution is 2.18. The van der Waals surface area contributed by atoms with Crippen molar-refractivity contribution in [3.63, 3.8) is 0 Å². The van der Waals surface area contributed by atoms with Crippen LogP contribution in [0.25, 0.3) is 21.7 Å². The number of pyridine rings is 1. The molecule has 5 nitrogen and oxygen atoms in total. The molecule has 5 heteroatoms. The molecule has 0 aliphatic heterocycles. The Morgan fingerprint density at radius 1 is 1.00 bits per heavy atom. The van der Waals surface area contributed by atoms with E-state index in [1.165, 1.54) is 10.9 Å². The second-order valence-electron chi connectivity index (χ2n) is 6.32. The molecule has 0 radical (unpaired) electrons. The van der Waals surface area contributed by atoms with Gasteiger partial charge < -0.3 is 15.3 Å². The van der Waals surface area contributed by atoms with Crippen LogP contribution in [-0.4, -0.2) is 22.4 Å². The number of benzene rings is 2. The summed E-state index contributed by atoms with van der Waals surface area (Å²) in [5.74, 6) is -0.258. The Kier molecular flexibility index (Phi) is 4.27. The van der Waals surface area contributed by atoms with Gasteiger partial charge in [-0.25, -0.2) is 0 Å². The lowest BCUT2D eigenvalue weighted by Gasteiger charge is -2.06. The molecule has 0 saturated heterocycles. The maximum atomic E-state index is 12.3. The van der Waals surface area contributed by atoms with E-state index in [4.69, 9.17) is 0 Å². The van der Waals surface area contributed by atoms with Gasteiger partial charge in [-0.15, -0.1) is 0 Å². The van der Waals surface area contributed by atoms with Crippen LogP contribution in [0.5, 0.6) is 0 Å². The summed E-state index contributed by atoms with van der Waals surface area (Å²) < 4.78 is 0. The van der Waals surface area contributed by atoms with Gasteiger partial charge in [0.05, 0.1) is 0 Å². The molecular weight excluding hydrogens is 326 g/mol. The molecule has 4 aromatic rings. The van der Waals surface area contributed by atoms with Gasteiger partial charge in [0, 0.05) is 29.0 Å². The summed E-state index contributed by atoms with van der Waals surface area (Å²) in [6, 6.07) is 17.1. The van der Waals surface area contributed by atoms with E-state index in [1.807, 2.05) is 36.5 Å². The third kappa shape index (κ3) is 3.11. The van der Waals surface area contributed by atoms with Crippen LogP contribution < -0.4 is 10.9 Å². The molecule has 0 atom stereocenters. The van der Waals surface area contributed by atoms with Gasteiger partial charge in [0.25, 0.3) is 11.5 Å². The molecule has 0 fully saturated rings. The fraction of sp³-hybridized carbons (Fsp3) is 0.143. The Labute approximate surface area is 150 Å². The zero-order valence-electron chi connectivity index (χ0n) is 14.2. The van der Waals surface area contributed by atoms with E-state index in [0.717, 1.165) is 23.7 Å². The first kappa shape index (κ1) is 16.1. The molecule has 2 aromatic carbocycles. The average Bonchev–Trinajstić information content (AvgIpc) is 3.08. The lowest BCUT2D eigenvalue weighted by molar-refractivity contribution is 0.0948. The molecule has 2 aromatic heterocycles. The van der Waals surface area contributed by atoms with Gasteiger partial charge in [-0.1, -0.05) is 36.4 Å². The Bertz CT molecular complexity index is 1140. The Morgan fingerprint density at radius 3 is 2.65 bits per heavy atom. The molecule has 1 amide bonds. The van der Waals surface area contributed by atoms with Gasteiger partial charge in [0.2, 0.25) is 0 Å². The van der Waals surface area contributed by atoms with Crippen molar-refractivity contribution in [2.75, 3.05) is 6.54 Å². The van der Waals surface area contributed by atoms with Crippen molar-refractivity contribution in [3.05, 3.63) is 82.4 Å². The highest BCUT2D eigenvalue weighted by molar-refractivity contribution is 5.96. The van der Waals surface area contributed by atoms with Crippen molar-refractivity contribution < 1.29 is 4.79 Å². The minimum Gasteiger partial charge on any atom is -0.361 e. The molecule has 4 rings (SSSR count). The summed E-state index contributed by atoms with van der Waals surface area (Å²) >= 11 is 0. The second kappa shape index (κ2) is 6.88. The molecule has 2 heterocycles. The van der Waals surface area contributed by atoms with Crippen LogP contribution in [0.4, 0.5) is 0 Å². The molecular formula is C21H19N3O2. The van der Waals surface area contributed by atoms with E-state index in [-0.39, 0.29) is 11.5 Å². The number of aryl methyl sites for hydroxylation is 1. The van der Waals surface area contributed by atoms with Gasteiger partial charge in [0.1, 0.15) is 5.69 Å². The zero-order valence-corrected chi connectivity index (χ0v) is 14.2. The summed E-state index contributed by atoms with van der Waals surface area (Å²) in [5.41, 5.74) is 2.42. The molecule has 130 valence electrons. The van der Waals surface area contributed by atoms with Crippen LogP contribution in [0.3, 0.4) is 0 Å². The predicted molar refractivity (Wildman–Crippen MR) is 104 cm³/mol. The first-order valence-corrected chi connectivity index (χ1v) is 8.67. The van der Waals surface area contributed by atoms with E-state index < -0.39 is 0 Å². The lowest BCUT2D eigenvalue weighted by atomic mass is 10.1. The van der Waals surface area contributed by atoms with Crippen molar-refractivity contribution in [2.45, 2.75) is 12.8 Å². The third-order valence-corrected chi connectivity index (χ3v) is 4.58. The van der Waals surface area contributed by atoms with Crippen LogP contribution in [-0.2, 0) is 6.42 Å². The molecule has 0 spiro atoms. The maximum Gasteiger partial charge on any atom is 0.267 e. The highest BCUT2D eigenvalue weighted by atomic mass is 16.2. The van der Waals surface area contributed by atoms with Crippen molar-refractivity contribution in [3.8, 4) is 0 Å². The standard InChI is InChI=1S/C21H19N3O2/c25-20-17-9-2-1-6-14(17)12-19(24-20)21(26)22-11-5-7-15-13-23-18-10-4-3-8-16(15)18/h1-4,6,8-10,12-13,23H,5,7,11H2,(H,22,26)(H,24,25). The number of hydrogen-bond acceptors (Lipinski definition) is 2. The molecule has 0 aliphatic carbocycles. The van der Waals surface area contributed by atoms with Crippen molar-refractivity contribution in [1.29, 1.82) is 0 Å². The summed E-state index contributed by atoms with van der Waals surface area (Å²) in [7, 11) is 0. The fourth-order valence-corrected chi connectivity index (χ4v) is 3.25. The predicted octanol–water partition coefficient (Wildman–Crippen LogP) is 3.37. The number of rotatable bonds is 5. The number of amides is 1. The Hall–Kier alpha value is -3.34. The fourth-order valence-electron chi connectivity index (χ4n) is 3.25. The van der Waals surface area contributed by atoms with Crippen molar-refractivity contribution in [2.24, 2.45) is 0 Å². The Balaban J connectivity index is 1.39. The molecule has 26 heavy (non-hydrogen) atoms. The third-order valence-electron chi connectivity index (χ3n) is 4.58. The van der Waals surface area contributed by atoms with Gasteiger partial charge in [-0.2, -0.15) is 0 Å². The molecule has 0 saturated carbocycles. The van der Waals surface area contributed by atoms with Crippen LogP contribution in [0.1, 0.15) is 22.5 Å². The lowest BCUT2D eigenvalue weighted by Crippen LogP contribution is -2.27. The number of nitrogens with one attached hydrogen (secondary N) is 3. The van der Waals surface area contributed by atoms with Crippen molar-refractivity contribution in [1.82, 2.24) is 15.3 Å². The summed E-state index contributed by atoms with van der Waals surface area (Å²) in [6.07, 6.45) is 3.72. The number of carbonyl (C=O) groups excluding carboxylic acids is 1. The number of para-hydroxylation sites is 1. The quantitative estimate of drug-likeness (QED) is 0.485. The van der Waals surface area contributed by atoms with Crippen LogP contribution in [0.2, 0.25) is 0 Å². The number of aromatic amines is 2. The van der Waals surface area contributed by atoms with Gasteiger partial charge >= 0.3 is 0 Å². The number of carbonyl (C=O) groups is 1. The largest absolute Gasteiger partial charge is 0.361 e. The highest BCUT2D eigenvalue weighted by Gasteiger charge is 2.09. The van der Waals surface area contributed by atoms with Gasteiger partial charge in [0.15, 0.2) is 0 Å². The summed E-state index contributed by atoms with van der Waals surface area (Å²) in [6.45, 7) is 0.549. The van der Waals surface area contributed by atoms with E-state index >= 15 is 0 Å². The maximum absolute atomic E-state index is 12.3. The molecule has 3 N–H and O–H groups in total. The van der Waals surface area contributed by atoms with Gasteiger partial charge in [-0.05, 0) is 42.0 Å². The number of aromatic nitrogens is 2. The zero-order chi connectivity index (χ0) is 17.9. The Morgan fingerprint density at radius 2 is 1.77 bits per heavy atom. The minimum absolute atomic E-state index is 0.243. The monoisotopic (exact) mass is 345 g/mol. The van der Waals surface area contributed by atoms with E-state index in [9.17, 15) is 9.59 Å². The van der Waals surface area contributed by atoms with E-state index in [2.05, 4.69) is 27.4 Å². The summed E-state index contributed by atoms with van der Waals surface area (Å²) in [4.78, 5) is 30.3. The van der Waals surface area contributed by atoms with Crippen LogP contribution in [0.15, 0.2) is 65.6 Å². The SMILES string of the molecule is O=C(NCCCc1c[nH]c2ccccc12)c1cc2ccccc2c(=O)[nH]1. The number of hydrogen-bond donors (Lipinski definition) is 3. The van der Waals surface area contributed by atoms with Gasteiger partial charge in [-0.3, -0.25) is 9.59 Å². The van der Waals surface area contributed by atoms with E-state index in [0.29, 0.717) is 17.6 Å². The van der Waals surface area contributed by atoms with Crippen LogP contribution >= 0.6 is 0 Å². The topological polar surface area (TPSA) is 77.8 Å². The molecule has 0 unspecified atom stereocenters. The smallest absolute Gasteiger partial charge is 0.267 e. The summed E-state index contributed by atoms with van der Waals surface area (Å²) in [5, 5.41) is 5.45. The number of fused-ring (bicyclic) bond motifs is 2. The van der Waals surface area contributed by atoms with Crippen molar-refractivity contribution >= 4 is 27.6 Å². The first-order chi connectivity index (χ1) is 12.7. The number of H-pyrrole nitrogens is 2. The average molecular weight is 345 g/mol. The second-order valence-corrected chi connectivity index (χ2v) is 6.32. The normalized spacial score (nSPS) is 11.1. The first-order valence-electron chi connectivity index (χ1n) is 8.67. The molecule has 0 aliphatic rings.